The third kappa shape index (κ3) is 4.69. The molecule has 23 heavy (non-hydrogen) atoms. The van der Waals surface area contributed by atoms with Gasteiger partial charge in [0.25, 0.3) is 0 Å². The number of ether oxygens (including phenoxy) is 1. The smallest absolute Gasteiger partial charge is 0.308 e. The normalized spacial score (nSPS) is 21.0. The van der Waals surface area contributed by atoms with E-state index in [2.05, 4.69) is 0 Å². The van der Waals surface area contributed by atoms with Crippen LogP contribution in [0.2, 0.25) is 5.02 Å². The third-order valence-electron chi connectivity index (χ3n) is 4.06. The molecule has 5 nitrogen and oxygen atoms in total. The van der Waals surface area contributed by atoms with Crippen LogP contribution in [-0.4, -0.2) is 47.7 Å². The molecule has 0 bridgehead atoms. The Morgan fingerprint density at radius 2 is 1.96 bits per heavy atom. The molecule has 0 saturated carbocycles. The lowest BCUT2D eigenvalue weighted by Crippen LogP contribution is -2.30. The minimum Gasteiger partial charge on any atom is -0.481 e. The second kappa shape index (κ2) is 7.79. The Bertz CT molecular complexity index is 558. The Hall–Kier alpha value is -1.59. The molecule has 0 unspecified atom stereocenters. The number of likely N-dealkylation sites (tertiary alicyclic amines) is 1. The van der Waals surface area contributed by atoms with Crippen LogP contribution in [0.1, 0.15) is 31.7 Å². The number of carboxylic acid groups (broad SMARTS) is 1. The standard InChI is InChI=1S/C17H22ClNO4/c1-11(2)23-8-7-16(20)19-9-14(15(10-19)17(21)22)12-3-5-13(18)6-4-12/h3-6,11,14-15H,7-10H2,1-2H3,(H,21,22)/t14-,15+/m0/s1. The number of rotatable bonds is 6. The molecule has 6 heteroatoms. The highest BCUT2D eigenvalue weighted by atomic mass is 35.5. The Labute approximate surface area is 141 Å². The van der Waals surface area contributed by atoms with Crippen molar-refractivity contribution in [3.05, 3.63) is 34.9 Å². The molecule has 0 spiro atoms. The molecule has 1 aliphatic heterocycles. The second-order valence-corrected chi connectivity index (χ2v) is 6.51. The van der Waals surface area contributed by atoms with E-state index in [9.17, 15) is 14.7 Å². The topological polar surface area (TPSA) is 66.8 Å². The summed E-state index contributed by atoms with van der Waals surface area (Å²) in [6, 6.07) is 7.16. The van der Waals surface area contributed by atoms with Crippen LogP contribution in [0.25, 0.3) is 0 Å². The zero-order valence-electron chi connectivity index (χ0n) is 13.4. The summed E-state index contributed by atoms with van der Waals surface area (Å²) in [5.74, 6) is -1.74. The first-order valence-corrected chi connectivity index (χ1v) is 8.14. The molecule has 0 aliphatic carbocycles. The SMILES string of the molecule is CC(C)OCCC(=O)N1C[C@@H](C(=O)O)[C@H](c2ccc(Cl)cc2)C1. The number of hydrogen-bond acceptors (Lipinski definition) is 3. The highest BCUT2D eigenvalue weighted by Gasteiger charge is 2.40. The second-order valence-electron chi connectivity index (χ2n) is 6.07. The summed E-state index contributed by atoms with van der Waals surface area (Å²) in [7, 11) is 0. The van der Waals surface area contributed by atoms with Gasteiger partial charge in [-0.2, -0.15) is 0 Å². The van der Waals surface area contributed by atoms with Gasteiger partial charge in [0, 0.05) is 24.0 Å². The molecule has 1 N–H and O–H groups in total. The van der Waals surface area contributed by atoms with Crippen molar-refractivity contribution < 1.29 is 19.4 Å². The fraction of sp³-hybridized carbons (Fsp3) is 0.529. The predicted molar refractivity (Wildman–Crippen MR) is 87.6 cm³/mol. The highest BCUT2D eigenvalue weighted by Crippen LogP contribution is 2.33. The van der Waals surface area contributed by atoms with Crippen molar-refractivity contribution >= 4 is 23.5 Å². The van der Waals surface area contributed by atoms with E-state index in [0.29, 0.717) is 18.2 Å². The van der Waals surface area contributed by atoms with E-state index < -0.39 is 11.9 Å². The van der Waals surface area contributed by atoms with E-state index in [-0.39, 0.29) is 30.9 Å². The van der Waals surface area contributed by atoms with Gasteiger partial charge in [-0.25, -0.2) is 0 Å². The Morgan fingerprint density at radius 1 is 1.30 bits per heavy atom. The first kappa shape index (κ1) is 17.8. The van der Waals surface area contributed by atoms with Crippen molar-refractivity contribution in [3.63, 3.8) is 0 Å². The van der Waals surface area contributed by atoms with Crippen molar-refractivity contribution in [2.45, 2.75) is 32.3 Å². The summed E-state index contributed by atoms with van der Waals surface area (Å²) in [6.07, 6.45) is 0.354. The highest BCUT2D eigenvalue weighted by molar-refractivity contribution is 6.30. The van der Waals surface area contributed by atoms with Gasteiger partial charge >= 0.3 is 5.97 Å². The van der Waals surface area contributed by atoms with Crippen molar-refractivity contribution in [2.24, 2.45) is 5.92 Å². The van der Waals surface area contributed by atoms with Gasteiger partial charge in [0.1, 0.15) is 0 Å². The lowest BCUT2D eigenvalue weighted by Gasteiger charge is -2.17. The molecule has 1 fully saturated rings. The van der Waals surface area contributed by atoms with Crippen LogP contribution in [0.15, 0.2) is 24.3 Å². The summed E-state index contributed by atoms with van der Waals surface area (Å²) < 4.78 is 5.39. The summed E-state index contributed by atoms with van der Waals surface area (Å²) in [4.78, 5) is 25.4. The number of halogens is 1. The third-order valence-corrected chi connectivity index (χ3v) is 4.31. The number of amides is 1. The van der Waals surface area contributed by atoms with Gasteiger partial charge in [0.2, 0.25) is 5.91 Å². The summed E-state index contributed by atoms with van der Waals surface area (Å²) in [5, 5.41) is 10.1. The van der Waals surface area contributed by atoms with Crippen molar-refractivity contribution in [1.29, 1.82) is 0 Å². The molecule has 1 saturated heterocycles. The number of carboxylic acids is 1. The molecule has 126 valence electrons. The number of aliphatic carboxylic acids is 1. The zero-order valence-corrected chi connectivity index (χ0v) is 14.1. The lowest BCUT2D eigenvalue weighted by molar-refractivity contribution is -0.141. The van der Waals surface area contributed by atoms with E-state index in [4.69, 9.17) is 16.3 Å². The monoisotopic (exact) mass is 339 g/mol. The molecule has 1 aliphatic rings. The fourth-order valence-corrected chi connectivity index (χ4v) is 2.97. The average Bonchev–Trinajstić information content (AvgIpc) is 2.93. The van der Waals surface area contributed by atoms with Gasteiger partial charge in [-0.1, -0.05) is 23.7 Å². The summed E-state index contributed by atoms with van der Waals surface area (Å²) in [6.45, 7) is 4.84. The fourth-order valence-electron chi connectivity index (χ4n) is 2.85. The first-order chi connectivity index (χ1) is 10.9. The van der Waals surface area contributed by atoms with E-state index in [1.54, 1.807) is 17.0 Å². The van der Waals surface area contributed by atoms with E-state index >= 15 is 0 Å². The van der Waals surface area contributed by atoms with Crippen LogP contribution in [0.3, 0.4) is 0 Å². The quantitative estimate of drug-likeness (QED) is 0.865. The average molecular weight is 340 g/mol. The van der Waals surface area contributed by atoms with Crippen molar-refractivity contribution in [1.82, 2.24) is 4.90 Å². The van der Waals surface area contributed by atoms with Crippen LogP contribution in [-0.2, 0) is 14.3 Å². The van der Waals surface area contributed by atoms with Gasteiger partial charge in [0.05, 0.1) is 25.0 Å². The van der Waals surface area contributed by atoms with E-state index in [1.165, 1.54) is 0 Å². The molecule has 1 amide bonds. The van der Waals surface area contributed by atoms with Crippen LogP contribution < -0.4 is 0 Å². The van der Waals surface area contributed by atoms with Gasteiger partial charge in [-0.15, -0.1) is 0 Å². The maximum atomic E-state index is 12.3. The zero-order chi connectivity index (χ0) is 17.0. The summed E-state index contributed by atoms with van der Waals surface area (Å²) in [5.41, 5.74) is 0.899. The minimum atomic E-state index is -0.876. The number of carbonyl (C=O) groups excluding carboxylic acids is 1. The van der Waals surface area contributed by atoms with E-state index in [0.717, 1.165) is 5.56 Å². The van der Waals surface area contributed by atoms with Crippen LogP contribution in [0.4, 0.5) is 0 Å². The van der Waals surface area contributed by atoms with E-state index in [1.807, 2.05) is 26.0 Å². The van der Waals surface area contributed by atoms with Gasteiger partial charge in [-0.3, -0.25) is 9.59 Å². The molecule has 0 aromatic heterocycles. The van der Waals surface area contributed by atoms with Gasteiger partial charge < -0.3 is 14.7 Å². The largest absolute Gasteiger partial charge is 0.481 e. The Balaban J connectivity index is 2.04. The van der Waals surface area contributed by atoms with Crippen LogP contribution in [0.5, 0.6) is 0 Å². The van der Waals surface area contributed by atoms with Crippen LogP contribution in [0, 0.1) is 5.92 Å². The lowest BCUT2D eigenvalue weighted by atomic mass is 9.89. The maximum Gasteiger partial charge on any atom is 0.308 e. The molecule has 2 rings (SSSR count). The number of carbonyl (C=O) groups is 2. The predicted octanol–water partition coefficient (Wildman–Crippen LogP) is 2.78. The first-order valence-electron chi connectivity index (χ1n) is 7.76. The van der Waals surface area contributed by atoms with Crippen LogP contribution >= 0.6 is 11.6 Å². The van der Waals surface area contributed by atoms with Crippen molar-refractivity contribution in [2.75, 3.05) is 19.7 Å². The molecule has 2 atom stereocenters. The Kier molecular flexibility index (Phi) is 6.02. The van der Waals surface area contributed by atoms with Gasteiger partial charge in [0.15, 0.2) is 0 Å². The molecular formula is C17H22ClNO4. The molecule has 1 aromatic carbocycles. The molecule has 1 heterocycles. The van der Waals surface area contributed by atoms with Crippen molar-refractivity contribution in [3.8, 4) is 0 Å². The Morgan fingerprint density at radius 3 is 2.52 bits per heavy atom. The maximum absolute atomic E-state index is 12.3. The molecular weight excluding hydrogens is 318 g/mol. The molecule has 1 aromatic rings. The molecule has 0 radical (unpaired) electrons. The summed E-state index contributed by atoms with van der Waals surface area (Å²) >= 11 is 5.88. The van der Waals surface area contributed by atoms with Gasteiger partial charge in [-0.05, 0) is 31.5 Å². The number of hydrogen-bond donors (Lipinski definition) is 1. The number of nitrogens with zero attached hydrogens (tertiary/aromatic N) is 1. The minimum absolute atomic E-state index is 0.0617. The number of benzene rings is 1.